The molecule has 154 valence electrons. The van der Waals surface area contributed by atoms with Crippen molar-refractivity contribution in [3.05, 3.63) is 95.3 Å². The van der Waals surface area contributed by atoms with Gasteiger partial charge >= 0.3 is 0 Å². The van der Waals surface area contributed by atoms with Crippen molar-refractivity contribution in [2.45, 2.75) is 6.04 Å². The van der Waals surface area contributed by atoms with Gasteiger partial charge in [-0.1, -0.05) is 72.3 Å². The van der Waals surface area contributed by atoms with Crippen molar-refractivity contribution in [3.63, 3.8) is 0 Å². The van der Waals surface area contributed by atoms with Gasteiger partial charge in [-0.05, 0) is 12.1 Å². The summed E-state index contributed by atoms with van der Waals surface area (Å²) >= 11 is 6.05. The van der Waals surface area contributed by atoms with Gasteiger partial charge in [0.05, 0.1) is 5.69 Å². The second-order valence-electron chi connectivity index (χ2n) is 7.73. The molecule has 4 rings (SSSR count). The number of nitrogens with zero attached hydrogens (tertiary/aromatic N) is 1. The molecule has 1 aromatic heterocycles. The predicted molar refractivity (Wildman–Crippen MR) is 119 cm³/mol. The quantitative estimate of drug-likeness (QED) is 0.524. The first kappa shape index (κ1) is 20.5. The zero-order valence-electron chi connectivity index (χ0n) is 16.9. The van der Waals surface area contributed by atoms with Crippen molar-refractivity contribution in [1.82, 2.24) is 4.98 Å². The molecule has 0 aliphatic carbocycles. The van der Waals surface area contributed by atoms with Gasteiger partial charge in [0.25, 0.3) is 5.91 Å². The Labute approximate surface area is 182 Å². The number of amides is 1. The van der Waals surface area contributed by atoms with Gasteiger partial charge in [-0.2, -0.15) is 0 Å². The van der Waals surface area contributed by atoms with Crippen LogP contribution in [0.1, 0.15) is 17.2 Å². The van der Waals surface area contributed by atoms with Crippen molar-refractivity contribution in [2.75, 3.05) is 38.0 Å². The smallest absolute Gasteiger partial charge is 0.279 e. The standard InChI is InChI=1S/C24H25ClN4O/c25-24-21(12-7-13-26-24)27-22(30)18-28-14-16-29(17-15-28)23(19-8-3-1-4-9-19)20-10-5-2-6-11-20/h1-13,23H,14-18H2,(H,27,30)/p+2. The molecule has 1 fully saturated rings. The van der Waals surface area contributed by atoms with E-state index in [1.54, 1.807) is 23.2 Å². The van der Waals surface area contributed by atoms with E-state index in [4.69, 9.17) is 11.6 Å². The van der Waals surface area contributed by atoms with E-state index in [2.05, 4.69) is 71.0 Å². The maximum Gasteiger partial charge on any atom is 0.279 e. The molecule has 6 heteroatoms. The summed E-state index contributed by atoms with van der Waals surface area (Å²) in [6.07, 6.45) is 1.61. The van der Waals surface area contributed by atoms with E-state index in [9.17, 15) is 4.79 Å². The molecular formula is C24H27ClN4O+2. The summed E-state index contributed by atoms with van der Waals surface area (Å²) in [7, 11) is 0. The lowest BCUT2D eigenvalue weighted by molar-refractivity contribution is -1.02. The highest BCUT2D eigenvalue weighted by Gasteiger charge is 2.32. The molecule has 1 amide bonds. The zero-order valence-corrected chi connectivity index (χ0v) is 17.6. The fraction of sp³-hybridized carbons (Fsp3) is 0.250. The molecule has 0 unspecified atom stereocenters. The summed E-state index contributed by atoms with van der Waals surface area (Å²) in [5.41, 5.74) is 3.25. The van der Waals surface area contributed by atoms with Gasteiger partial charge in [0, 0.05) is 17.3 Å². The molecule has 3 N–H and O–H groups in total. The SMILES string of the molecule is O=C(C[NH+]1CC[NH+](C(c2ccccc2)c2ccccc2)CC1)Nc1cccnc1Cl. The number of nitrogens with one attached hydrogen (secondary N) is 3. The highest BCUT2D eigenvalue weighted by Crippen LogP contribution is 2.19. The number of hydrogen-bond donors (Lipinski definition) is 3. The molecule has 0 atom stereocenters. The summed E-state index contributed by atoms with van der Waals surface area (Å²) in [5.74, 6) is -0.0222. The number of pyridine rings is 1. The molecule has 0 radical (unpaired) electrons. The molecule has 0 spiro atoms. The minimum atomic E-state index is -0.0222. The molecule has 1 aliphatic rings. The van der Waals surface area contributed by atoms with E-state index < -0.39 is 0 Å². The Balaban J connectivity index is 1.39. The molecule has 30 heavy (non-hydrogen) atoms. The predicted octanol–water partition coefficient (Wildman–Crippen LogP) is 1.25. The zero-order chi connectivity index (χ0) is 20.8. The van der Waals surface area contributed by atoms with Crippen LogP contribution >= 0.6 is 11.6 Å². The third kappa shape index (κ3) is 5.05. The third-order valence-corrected chi connectivity index (χ3v) is 6.02. The van der Waals surface area contributed by atoms with Crippen molar-refractivity contribution >= 4 is 23.2 Å². The van der Waals surface area contributed by atoms with Gasteiger partial charge < -0.3 is 15.1 Å². The van der Waals surface area contributed by atoms with Crippen LogP contribution in [-0.2, 0) is 4.79 Å². The molecule has 0 saturated carbocycles. The second kappa shape index (κ2) is 9.85. The largest absolute Gasteiger partial charge is 0.319 e. The van der Waals surface area contributed by atoms with Gasteiger partial charge in [0.15, 0.2) is 11.7 Å². The fourth-order valence-electron chi connectivity index (χ4n) is 4.25. The number of carbonyl (C=O) groups is 1. The third-order valence-electron chi connectivity index (χ3n) is 5.72. The molecule has 1 saturated heterocycles. The summed E-state index contributed by atoms with van der Waals surface area (Å²) in [4.78, 5) is 19.3. The van der Waals surface area contributed by atoms with Crippen LogP contribution in [0.3, 0.4) is 0 Å². The topological polar surface area (TPSA) is 50.9 Å². The first-order valence-electron chi connectivity index (χ1n) is 10.4. The Morgan fingerprint density at radius 2 is 1.50 bits per heavy atom. The monoisotopic (exact) mass is 422 g/mol. The summed E-state index contributed by atoms with van der Waals surface area (Å²) in [6, 6.07) is 25.3. The first-order valence-corrected chi connectivity index (χ1v) is 10.8. The number of anilines is 1. The Hall–Kier alpha value is -2.73. The Kier molecular flexibility index (Phi) is 6.74. The number of carbonyl (C=O) groups excluding carboxylic acids is 1. The molecule has 2 heterocycles. The maximum atomic E-state index is 12.5. The van der Waals surface area contributed by atoms with E-state index in [1.807, 2.05) is 0 Å². The first-order chi connectivity index (χ1) is 14.7. The summed E-state index contributed by atoms with van der Waals surface area (Å²) < 4.78 is 0. The van der Waals surface area contributed by atoms with Crippen LogP contribution in [0.4, 0.5) is 5.69 Å². The lowest BCUT2D eigenvalue weighted by Crippen LogP contribution is -3.28. The van der Waals surface area contributed by atoms with Crippen LogP contribution in [-0.4, -0.2) is 43.6 Å². The number of halogens is 1. The second-order valence-corrected chi connectivity index (χ2v) is 8.09. The number of piperazine rings is 1. The molecule has 5 nitrogen and oxygen atoms in total. The number of aromatic nitrogens is 1. The van der Waals surface area contributed by atoms with E-state index >= 15 is 0 Å². The van der Waals surface area contributed by atoms with Crippen molar-refractivity contribution < 1.29 is 14.6 Å². The Bertz CT molecular complexity index is 920. The van der Waals surface area contributed by atoms with Crippen LogP contribution in [0.25, 0.3) is 0 Å². The Morgan fingerprint density at radius 1 is 0.900 bits per heavy atom. The van der Waals surface area contributed by atoms with E-state index in [-0.39, 0.29) is 5.91 Å². The molecule has 1 aliphatic heterocycles. The van der Waals surface area contributed by atoms with Crippen LogP contribution in [0, 0.1) is 0 Å². The van der Waals surface area contributed by atoms with E-state index in [0.717, 1.165) is 26.2 Å². The minimum absolute atomic E-state index is 0.0222. The van der Waals surface area contributed by atoms with Crippen molar-refractivity contribution in [3.8, 4) is 0 Å². The minimum Gasteiger partial charge on any atom is -0.319 e. The number of hydrogen-bond acceptors (Lipinski definition) is 2. The van der Waals surface area contributed by atoms with Gasteiger partial charge in [-0.25, -0.2) is 4.98 Å². The Morgan fingerprint density at radius 3 is 2.07 bits per heavy atom. The fourth-order valence-corrected chi connectivity index (χ4v) is 4.41. The van der Waals surface area contributed by atoms with Gasteiger partial charge in [0.2, 0.25) is 0 Å². The van der Waals surface area contributed by atoms with Gasteiger partial charge in [0.1, 0.15) is 32.2 Å². The van der Waals surface area contributed by atoms with Crippen molar-refractivity contribution in [1.29, 1.82) is 0 Å². The maximum absolute atomic E-state index is 12.5. The number of benzene rings is 2. The average Bonchev–Trinajstić information content (AvgIpc) is 2.78. The highest BCUT2D eigenvalue weighted by atomic mass is 35.5. The molecular weight excluding hydrogens is 396 g/mol. The summed E-state index contributed by atoms with van der Waals surface area (Å²) in [6.45, 7) is 4.40. The van der Waals surface area contributed by atoms with Gasteiger partial charge in [-0.15, -0.1) is 0 Å². The van der Waals surface area contributed by atoms with Crippen LogP contribution in [0.5, 0.6) is 0 Å². The normalized spacial score (nSPS) is 18.9. The van der Waals surface area contributed by atoms with Crippen LogP contribution in [0.15, 0.2) is 79.0 Å². The molecule has 3 aromatic rings. The molecule has 0 bridgehead atoms. The summed E-state index contributed by atoms with van der Waals surface area (Å²) in [5, 5.41) is 3.21. The van der Waals surface area contributed by atoms with Gasteiger partial charge in [-0.3, -0.25) is 4.79 Å². The number of rotatable bonds is 6. The number of quaternary nitrogens is 2. The highest BCUT2D eigenvalue weighted by molar-refractivity contribution is 6.32. The van der Waals surface area contributed by atoms with E-state index in [1.165, 1.54) is 16.0 Å². The average molecular weight is 423 g/mol. The van der Waals surface area contributed by atoms with Crippen LogP contribution in [0.2, 0.25) is 5.15 Å². The molecule has 2 aromatic carbocycles. The van der Waals surface area contributed by atoms with Crippen LogP contribution < -0.4 is 15.1 Å². The lowest BCUT2D eigenvalue weighted by Gasteiger charge is -2.34. The lowest BCUT2D eigenvalue weighted by atomic mass is 9.96. The van der Waals surface area contributed by atoms with E-state index in [0.29, 0.717) is 23.4 Å². The van der Waals surface area contributed by atoms with Crippen molar-refractivity contribution in [2.24, 2.45) is 0 Å².